The Balaban J connectivity index is 1.65. The molecule has 9 heteroatoms. The zero-order valence-corrected chi connectivity index (χ0v) is 13.5. The third kappa shape index (κ3) is 4.22. The third-order valence-electron chi connectivity index (χ3n) is 4.27. The summed E-state index contributed by atoms with van der Waals surface area (Å²) in [6.45, 7) is 1.97. The summed E-state index contributed by atoms with van der Waals surface area (Å²) in [7, 11) is 1.72. The first kappa shape index (κ1) is 17.5. The van der Waals surface area contributed by atoms with Crippen molar-refractivity contribution in [3.63, 3.8) is 0 Å². The molecule has 0 amide bonds. The van der Waals surface area contributed by atoms with Gasteiger partial charge in [0, 0.05) is 45.0 Å². The molecule has 134 valence electrons. The second kappa shape index (κ2) is 6.91. The average molecular weight is 355 g/mol. The Morgan fingerprint density at radius 2 is 2.04 bits per heavy atom. The number of rotatable bonds is 4. The van der Waals surface area contributed by atoms with E-state index >= 15 is 0 Å². The Morgan fingerprint density at radius 1 is 1.24 bits per heavy atom. The molecule has 0 aliphatic carbocycles. The minimum Gasteiger partial charge on any atom is -0.355 e. The second-order valence-corrected chi connectivity index (χ2v) is 6.06. The predicted octanol–water partition coefficient (Wildman–Crippen LogP) is 2.74. The lowest BCUT2D eigenvalue weighted by molar-refractivity contribution is -0.141. The van der Waals surface area contributed by atoms with E-state index in [1.165, 1.54) is 6.07 Å². The fourth-order valence-electron chi connectivity index (χ4n) is 2.95. The molecule has 1 aliphatic rings. The lowest BCUT2D eigenvalue weighted by Crippen LogP contribution is -2.35. The van der Waals surface area contributed by atoms with Gasteiger partial charge in [-0.1, -0.05) is 0 Å². The number of hydrogen-bond donors (Lipinski definition) is 0. The summed E-state index contributed by atoms with van der Waals surface area (Å²) in [4.78, 5) is 14.9. The number of likely N-dealkylation sites (tertiary alicyclic amines) is 1. The highest BCUT2D eigenvalue weighted by Gasteiger charge is 2.34. The molecule has 2 aromatic heterocycles. The number of pyridine rings is 1. The van der Waals surface area contributed by atoms with Crippen LogP contribution in [-0.2, 0) is 12.7 Å². The van der Waals surface area contributed by atoms with Gasteiger partial charge in [0.05, 0.1) is 6.20 Å². The van der Waals surface area contributed by atoms with E-state index in [0.717, 1.165) is 37.1 Å². The lowest BCUT2D eigenvalue weighted by Gasteiger charge is -2.26. The van der Waals surface area contributed by atoms with Crippen LogP contribution in [0.25, 0.3) is 0 Å². The predicted molar refractivity (Wildman–Crippen MR) is 83.3 cm³/mol. The minimum atomic E-state index is -4.50. The molecule has 2 aromatic rings. The number of anilines is 1. The van der Waals surface area contributed by atoms with Crippen LogP contribution in [0.3, 0.4) is 0 Å². The zero-order chi connectivity index (χ0) is 18.0. The fourth-order valence-corrected chi connectivity index (χ4v) is 2.95. The van der Waals surface area contributed by atoms with Gasteiger partial charge in [0.2, 0.25) is 0 Å². The Kier molecular flexibility index (Phi) is 4.85. The number of alkyl halides is 3. The van der Waals surface area contributed by atoms with Gasteiger partial charge >= 0.3 is 6.18 Å². The van der Waals surface area contributed by atoms with E-state index < -0.39 is 11.9 Å². The highest BCUT2D eigenvalue weighted by Crippen LogP contribution is 2.30. The standard InChI is InChI=1S/C16H17F4N5/c1-24(15-5-14(16(18,19)20)22-10-23-15)13-2-3-25(9-13)8-11-4-12(17)7-21-6-11/h4-7,10,13H,2-3,8-9H2,1H3. The molecule has 0 saturated carbocycles. The van der Waals surface area contributed by atoms with Crippen LogP contribution in [0, 0.1) is 5.82 Å². The van der Waals surface area contributed by atoms with E-state index in [0.29, 0.717) is 13.1 Å². The first-order valence-corrected chi connectivity index (χ1v) is 7.77. The number of nitrogens with zero attached hydrogens (tertiary/aromatic N) is 5. The number of hydrogen-bond acceptors (Lipinski definition) is 5. The molecule has 0 spiro atoms. The summed E-state index contributed by atoms with van der Waals surface area (Å²) in [5.74, 6) is -0.146. The smallest absolute Gasteiger partial charge is 0.355 e. The van der Waals surface area contributed by atoms with E-state index in [4.69, 9.17) is 0 Å². The highest BCUT2D eigenvalue weighted by atomic mass is 19.4. The molecule has 3 heterocycles. The van der Waals surface area contributed by atoms with Crippen LogP contribution in [0.15, 0.2) is 30.9 Å². The van der Waals surface area contributed by atoms with Crippen molar-refractivity contribution in [1.82, 2.24) is 19.9 Å². The molecule has 3 rings (SSSR count). The molecule has 1 unspecified atom stereocenters. The van der Waals surface area contributed by atoms with E-state index in [-0.39, 0.29) is 17.7 Å². The molecule has 1 fully saturated rings. The summed E-state index contributed by atoms with van der Waals surface area (Å²) in [5.41, 5.74) is -0.185. The van der Waals surface area contributed by atoms with Crippen molar-refractivity contribution in [3.05, 3.63) is 47.9 Å². The van der Waals surface area contributed by atoms with Gasteiger partial charge in [-0.05, 0) is 18.1 Å². The van der Waals surface area contributed by atoms with Gasteiger partial charge in [0.1, 0.15) is 23.7 Å². The number of halogens is 4. The van der Waals surface area contributed by atoms with Gasteiger partial charge in [0.15, 0.2) is 0 Å². The highest BCUT2D eigenvalue weighted by molar-refractivity contribution is 5.40. The zero-order valence-electron chi connectivity index (χ0n) is 13.5. The molecule has 0 radical (unpaired) electrons. The average Bonchev–Trinajstić information content (AvgIpc) is 3.02. The van der Waals surface area contributed by atoms with Crippen molar-refractivity contribution in [2.24, 2.45) is 0 Å². The largest absolute Gasteiger partial charge is 0.433 e. The van der Waals surface area contributed by atoms with Crippen LogP contribution >= 0.6 is 0 Å². The van der Waals surface area contributed by atoms with Gasteiger partial charge < -0.3 is 4.90 Å². The van der Waals surface area contributed by atoms with Crippen molar-refractivity contribution >= 4 is 5.82 Å². The summed E-state index contributed by atoms with van der Waals surface area (Å²) < 4.78 is 51.6. The van der Waals surface area contributed by atoms with Crippen molar-refractivity contribution in [2.45, 2.75) is 25.2 Å². The van der Waals surface area contributed by atoms with Crippen LogP contribution in [0.2, 0.25) is 0 Å². The quantitative estimate of drug-likeness (QED) is 0.789. The first-order chi connectivity index (χ1) is 11.8. The number of aromatic nitrogens is 3. The van der Waals surface area contributed by atoms with E-state index in [1.54, 1.807) is 18.1 Å². The van der Waals surface area contributed by atoms with Crippen LogP contribution in [0.4, 0.5) is 23.4 Å². The van der Waals surface area contributed by atoms with Crippen molar-refractivity contribution in [3.8, 4) is 0 Å². The SMILES string of the molecule is CN(c1cc(C(F)(F)F)ncn1)C1CCN(Cc2cncc(F)c2)C1. The van der Waals surface area contributed by atoms with Crippen LogP contribution in [-0.4, -0.2) is 46.0 Å². The molecular formula is C16H17F4N5. The summed E-state index contributed by atoms with van der Waals surface area (Å²) >= 11 is 0. The van der Waals surface area contributed by atoms with Crippen molar-refractivity contribution in [2.75, 3.05) is 25.0 Å². The van der Waals surface area contributed by atoms with Crippen LogP contribution in [0.5, 0.6) is 0 Å². The first-order valence-electron chi connectivity index (χ1n) is 7.77. The maximum Gasteiger partial charge on any atom is 0.433 e. The summed E-state index contributed by atoms with van der Waals surface area (Å²) in [6.07, 6.45) is -0.0213. The van der Waals surface area contributed by atoms with Crippen molar-refractivity contribution in [1.29, 1.82) is 0 Å². The maximum absolute atomic E-state index is 13.2. The van der Waals surface area contributed by atoms with E-state index in [9.17, 15) is 17.6 Å². The van der Waals surface area contributed by atoms with Gasteiger partial charge in [0.25, 0.3) is 0 Å². The summed E-state index contributed by atoms with van der Waals surface area (Å²) in [6, 6.07) is 2.42. The van der Waals surface area contributed by atoms with E-state index in [2.05, 4.69) is 19.9 Å². The molecule has 5 nitrogen and oxygen atoms in total. The monoisotopic (exact) mass is 355 g/mol. The lowest BCUT2D eigenvalue weighted by atomic mass is 10.2. The van der Waals surface area contributed by atoms with Gasteiger partial charge in [-0.3, -0.25) is 9.88 Å². The molecule has 1 atom stereocenters. The van der Waals surface area contributed by atoms with Gasteiger partial charge in [-0.15, -0.1) is 0 Å². The maximum atomic E-state index is 13.2. The molecule has 1 saturated heterocycles. The Bertz CT molecular complexity index is 736. The molecule has 1 aliphatic heterocycles. The molecule has 25 heavy (non-hydrogen) atoms. The van der Waals surface area contributed by atoms with Crippen LogP contribution in [0.1, 0.15) is 17.7 Å². The molecular weight excluding hydrogens is 338 g/mol. The topological polar surface area (TPSA) is 45.2 Å². The van der Waals surface area contributed by atoms with Gasteiger partial charge in [-0.25, -0.2) is 14.4 Å². The number of likely N-dealkylation sites (N-methyl/N-ethyl adjacent to an activating group) is 1. The van der Waals surface area contributed by atoms with Gasteiger partial charge in [-0.2, -0.15) is 13.2 Å². The van der Waals surface area contributed by atoms with Crippen molar-refractivity contribution < 1.29 is 17.6 Å². The Labute approximate surface area is 142 Å². The second-order valence-electron chi connectivity index (χ2n) is 6.06. The van der Waals surface area contributed by atoms with E-state index in [1.807, 2.05) is 0 Å². The molecule has 0 N–H and O–H groups in total. The Morgan fingerprint density at radius 3 is 2.76 bits per heavy atom. The third-order valence-corrected chi connectivity index (χ3v) is 4.27. The molecule has 0 aromatic carbocycles. The summed E-state index contributed by atoms with van der Waals surface area (Å²) in [5, 5.41) is 0. The van der Waals surface area contributed by atoms with Crippen LogP contribution < -0.4 is 4.90 Å². The minimum absolute atomic E-state index is 0.0255. The molecule has 0 bridgehead atoms. The fraction of sp³-hybridized carbons (Fsp3) is 0.438. The Hall–Kier alpha value is -2.29. The normalized spacial score (nSPS) is 18.5.